The highest BCUT2D eigenvalue weighted by atomic mass is 16.1. The van der Waals surface area contributed by atoms with E-state index in [-0.39, 0.29) is 11.7 Å². The number of unbranched alkanes of at least 4 members (excludes halogenated alkanes) is 4. The molecule has 0 atom stereocenters. The summed E-state index contributed by atoms with van der Waals surface area (Å²) < 4.78 is 1.50. The van der Waals surface area contributed by atoms with Crippen LogP contribution in [0.4, 0.5) is 5.82 Å². The Morgan fingerprint density at radius 1 is 1.00 bits per heavy atom. The molecule has 0 aliphatic rings. The van der Waals surface area contributed by atoms with Gasteiger partial charge in [0.05, 0.1) is 17.2 Å². The summed E-state index contributed by atoms with van der Waals surface area (Å²) in [5, 5.41) is 7.52. The molecule has 2 heterocycles. The molecule has 0 saturated carbocycles. The molecule has 164 valence electrons. The fraction of sp³-hybridized carbons (Fsp3) is 0.280. The average molecular weight is 429 g/mol. The second-order valence-electron chi connectivity index (χ2n) is 7.78. The van der Waals surface area contributed by atoms with Crippen molar-refractivity contribution in [1.29, 1.82) is 0 Å². The van der Waals surface area contributed by atoms with Gasteiger partial charge in [0, 0.05) is 6.54 Å². The van der Waals surface area contributed by atoms with Gasteiger partial charge in [0.25, 0.3) is 5.91 Å². The molecule has 2 aromatic heterocycles. The van der Waals surface area contributed by atoms with Gasteiger partial charge in [-0.25, -0.2) is 9.97 Å². The predicted molar refractivity (Wildman–Crippen MR) is 130 cm³/mol. The van der Waals surface area contributed by atoms with Gasteiger partial charge in [-0.15, -0.1) is 0 Å². The molecule has 4 aromatic rings. The molecule has 2 aromatic carbocycles. The predicted octanol–water partition coefficient (Wildman–Crippen LogP) is 4.75. The summed E-state index contributed by atoms with van der Waals surface area (Å²) in [4.78, 5) is 22.5. The van der Waals surface area contributed by atoms with Gasteiger partial charge in [0.1, 0.15) is 16.9 Å². The van der Waals surface area contributed by atoms with Crippen LogP contribution in [0.15, 0.2) is 59.7 Å². The molecule has 0 spiro atoms. The Morgan fingerprint density at radius 3 is 2.44 bits per heavy atom. The number of benzene rings is 2. The standard InChI is InChI=1S/C25H28N6O/c1-2-3-4-5-11-16-27-25(32)21-22-24(30-20-15-10-9-14-19(20)29-22)31(23(21)26)28-17-18-12-7-6-8-13-18/h6-10,12-15,17H,2-5,11,16,26H2,1H3,(H,27,32)/b28-17-. The number of carbonyl (C=O) groups excluding carboxylic acids is 1. The smallest absolute Gasteiger partial charge is 0.257 e. The minimum Gasteiger partial charge on any atom is -0.383 e. The molecule has 0 aliphatic heterocycles. The number of nitrogen functional groups attached to an aromatic ring is 1. The summed E-state index contributed by atoms with van der Waals surface area (Å²) in [6, 6.07) is 17.3. The molecule has 0 radical (unpaired) electrons. The Hall–Kier alpha value is -3.74. The largest absolute Gasteiger partial charge is 0.383 e. The number of para-hydroxylation sites is 2. The van der Waals surface area contributed by atoms with Crippen LogP contribution in [0.25, 0.3) is 22.2 Å². The highest BCUT2D eigenvalue weighted by molar-refractivity contribution is 6.10. The summed E-state index contributed by atoms with van der Waals surface area (Å²) in [5.74, 6) is -0.0211. The Bertz CT molecular complexity index is 1250. The van der Waals surface area contributed by atoms with Crippen molar-refractivity contribution >= 4 is 40.1 Å². The number of amides is 1. The van der Waals surface area contributed by atoms with Gasteiger partial charge >= 0.3 is 0 Å². The van der Waals surface area contributed by atoms with E-state index in [1.807, 2.05) is 54.6 Å². The van der Waals surface area contributed by atoms with Crippen LogP contribution in [0, 0.1) is 0 Å². The van der Waals surface area contributed by atoms with E-state index >= 15 is 0 Å². The number of anilines is 1. The van der Waals surface area contributed by atoms with Crippen molar-refractivity contribution in [2.24, 2.45) is 5.10 Å². The fourth-order valence-electron chi connectivity index (χ4n) is 3.67. The van der Waals surface area contributed by atoms with Crippen LogP contribution < -0.4 is 11.1 Å². The van der Waals surface area contributed by atoms with Crippen molar-refractivity contribution < 1.29 is 4.79 Å². The van der Waals surface area contributed by atoms with E-state index in [0.717, 1.165) is 23.9 Å². The number of hydrogen-bond acceptors (Lipinski definition) is 5. The van der Waals surface area contributed by atoms with Crippen LogP contribution in [0.5, 0.6) is 0 Å². The second-order valence-corrected chi connectivity index (χ2v) is 7.78. The number of aromatic nitrogens is 3. The van der Waals surface area contributed by atoms with Gasteiger partial charge in [-0.05, 0) is 24.1 Å². The van der Waals surface area contributed by atoms with Gasteiger partial charge in [-0.2, -0.15) is 9.78 Å². The lowest BCUT2D eigenvalue weighted by atomic mass is 10.1. The summed E-state index contributed by atoms with van der Waals surface area (Å²) in [7, 11) is 0. The van der Waals surface area contributed by atoms with Crippen LogP contribution in [0.2, 0.25) is 0 Å². The lowest BCUT2D eigenvalue weighted by Gasteiger charge is -2.05. The first-order valence-electron chi connectivity index (χ1n) is 11.1. The molecule has 3 N–H and O–H groups in total. The second kappa shape index (κ2) is 10.0. The maximum atomic E-state index is 13.1. The number of nitrogens with zero attached hydrogens (tertiary/aromatic N) is 4. The van der Waals surface area contributed by atoms with Crippen LogP contribution in [0.3, 0.4) is 0 Å². The van der Waals surface area contributed by atoms with Gasteiger partial charge in [-0.1, -0.05) is 75.1 Å². The zero-order valence-electron chi connectivity index (χ0n) is 18.3. The van der Waals surface area contributed by atoms with Crippen molar-refractivity contribution in [2.45, 2.75) is 39.0 Å². The molecule has 0 fully saturated rings. The van der Waals surface area contributed by atoms with Gasteiger partial charge in [-0.3, -0.25) is 4.79 Å². The van der Waals surface area contributed by atoms with Crippen molar-refractivity contribution in [3.05, 3.63) is 65.7 Å². The molecule has 1 amide bonds. The summed E-state index contributed by atoms with van der Waals surface area (Å²) in [6.45, 7) is 2.79. The minimum atomic E-state index is -0.249. The normalized spacial score (nSPS) is 11.5. The van der Waals surface area contributed by atoms with Gasteiger partial charge < -0.3 is 11.1 Å². The van der Waals surface area contributed by atoms with Crippen molar-refractivity contribution in [3.8, 4) is 0 Å². The van der Waals surface area contributed by atoms with Crippen LogP contribution in [-0.4, -0.2) is 33.3 Å². The summed E-state index contributed by atoms with van der Waals surface area (Å²) in [6.07, 6.45) is 7.32. The number of hydrogen-bond donors (Lipinski definition) is 2. The first-order chi connectivity index (χ1) is 15.7. The Kier molecular flexibility index (Phi) is 6.75. The molecule has 32 heavy (non-hydrogen) atoms. The van der Waals surface area contributed by atoms with E-state index in [2.05, 4.69) is 17.3 Å². The first-order valence-corrected chi connectivity index (χ1v) is 11.1. The number of nitrogens with two attached hydrogens (primary N) is 1. The minimum absolute atomic E-state index is 0.228. The molecular weight excluding hydrogens is 400 g/mol. The molecule has 7 nitrogen and oxygen atoms in total. The number of carbonyl (C=O) groups is 1. The maximum Gasteiger partial charge on any atom is 0.257 e. The monoisotopic (exact) mass is 428 g/mol. The topological polar surface area (TPSA) is 98.2 Å². The number of rotatable bonds is 9. The highest BCUT2D eigenvalue weighted by Gasteiger charge is 2.23. The zero-order chi connectivity index (χ0) is 22.3. The first kappa shape index (κ1) is 21.5. The third-order valence-corrected chi connectivity index (χ3v) is 5.39. The molecule has 0 bridgehead atoms. The van der Waals surface area contributed by atoms with Crippen LogP contribution in [0.1, 0.15) is 54.9 Å². The Morgan fingerprint density at radius 2 is 1.69 bits per heavy atom. The Labute approximate surface area is 187 Å². The zero-order valence-corrected chi connectivity index (χ0v) is 18.3. The lowest BCUT2D eigenvalue weighted by molar-refractivity contribution is 0.0955. The van der Waals surface area contributed by atoms with Crippen LogP contribution in [-0.2, 0) is 0 Å². The van der Waals surface area contributed by atoms with Crippen LogP contribution >= 0.6 is 0 Å². The van der Waals surface area contributed by atoms with E-state index in [4.69, 9.17) is 15.7 Å². The highest BCUT2D eigenvalue weighted by Crippen LogP contribution is 2.27. The van der Waals surface area contributed by atoms with Crippen molar-refractivity contribution in [3.63, 3.8) is 0 Å². The van der Waals surface area contributed by atoms with E-state index in [1.54, 1.807) is 6.21 Å². The summed E-state index contributed by atoms with van der Waals surface area (Å²) in [5.41, 5.74) is 9.99. The van der Waals surface area contributed by atoms with E-state index in [9.17, 15) is 4.79 Å². The van der Waals surface area contributed by atoms with Gasteiger partial charge in [0.2, 0.25) is 0 Å². The van der Waals surface area contributed by atoms with E-state index < -0.39 is 0 Å². The van der Waals surface area contributed by atoms with E-state index in [0.29, 0.717) is 28.8 Å². The fourth-order valence-corrected chi connectivity index (χ4v) is 3.67. The SMILES string of the molecule is CCCCCCCNC(=O)c1c(N)n(/N=C\c2ccccc2)c2nc3ccccc3nc12. The quantitative estimate of drug-likeness (QED) is 0.297. The third-order valence-electron chi connectivity index (χ3n) is 5.39. The van der Waals surface area contributed by atoms with Crippen molar-refractivity contribution in [1.82, 2.24) is 20.0 Å². The maximum absolute atomic E-state index is 13.1. The summed E-state index contributed by atoms with van der Waals surface area (Å²) >= 11 is 0. The average Bonchev–Trinajstić information content (AvgIpc) is 3.09. The molecule has 4 rings (SSSR count). The molecular formula is C25H28N6O. The third kappa shape index (κ3) is 4.61. The van der Waals surface area contributed by atoms with Crippen molar-refractivity contribution in [2.75, 3.05) is 12.3 Å². The van der Waals surface area contributed by atoms with Gasteiger partial charge in [0.15, 0.2) is 5.65 Å². The molecule has 7 heteroatoms. The lowest BCUT2D eigenvalue weighted by Crippen LogP contribution is -2.25. The number of fused-ring (bicyclic) bond motifs is 2. The molecule has 0 saturated heterocycles. The number of nitrogens with one attached hydrogen (secondary N) is 1. The Balaban J connectivity index is 1.69. The molecule has 0 aliphatic carbocycles. The van der Waals surface area contributed by atoms with E-state index in [1.165, 1.54) is 23.9 Å². The molecule has 0 unspecified atom stereocenters.